The van der Waals surface area contributed by atoms with Crippen LogP contribution >= 0.6 is 0 Å². The molecule has 0 radical (unpaired) electrons. The van der Waals surface area contributed by atoms with Crippen LogP contribution in [0.2, 0.25) is 0 Å². The fourth-order valence-corrected chi connectivity index (χ4v) is 1.86. The predicted molar refractivity (Wildman–Crippen MR) is 68.0 cm³/mol. The minimum Gasteiger partial charge on any atom is -0.469 e. The molecule has 0 aromatic carbocycles. The van der Waals surface area contributed by atoms with Crippen molar-refractivity contribution in [2.75, 3.05) is 7.11 Å². The Morgan fingerprint density at radius 1 is 1.33 bits per heavy atom. The van der Waals surface area contributed by atoms with E-state index in [2.05, 4.69) is 4.74 Å². The Morgan fingerprint density at radius 2 is 2.06 bits per heavy atom. The van der Waals surface area contributed by atoms with E-state index < -0.39 is 6.10 Å². The Kier molecular flexibility index (Phi) is 7.18. The molecule has 0 aliphatic carbocycles. The Hall–Kier alpha value is -1.29. The highest BCUT2D eigenvalue weighted by Gasteiger charge is 2.09. The highest BCUT2D eigenvalue weighted by molar-refractivity contribution is 5.68. The normalized spacial score (nSPS) is 12.3. The Labute approximate surface area is 108 Å². The van der Waals surface area contributed by atoms with Crippen LogP contribution in [0, 0.1) is 0 Å². The maximum absolute atomic E-state index is 10.9. The molecule has 0 fully saturated rings. The summed E-state index contributed by atoms with van der Waals surface area (Å²) in [4.78, 5) is 10.9. The molecule has 1 rings (SSSR count). The first-order valence-corrected chi connectivity index (χ1v) is 6.52. The van der Waals surface area contributed by atoms with Gasteiger partial charge in [-0.05, 0) is 25.0 Å². The van der Waals surface area contributed by atoms with Crippen molar-refractivity contribution in [2.24, 2.45) is 0 Å². The monoisotopic (exact) mass is 254 g/mol. The Balaban J connectivity index is 1.94. The lowest BCUT2D eigenvalue weighted by molar-refractivity contribution is -0.140. The van der Waals surface area contributed by atoms with Crippen molar-refractivity contribution in [3.63, 3.8) is 0 Å². The number of esters is 1. The lowest BCUT2D eigenvalue weighted by atomic mass is 10.1. The van der Waals surface area contributed by atoms with Gasteiger partial charge in [-0.3, -0.25) is 4.79 Å². The standard InChI is InChI=1S/C14H22O4/c1-17-14(16)10-6-4-2-3-5-8-12(15)13-9-7-11-18-13/h7,9,11-12,15H,2-6,8,10H2,1H3. The van der Waals surface area contributed by atoms with Gasteiger partial charge in [0, 0.05) is 6.42 Å². The zero-order valence-electron chi connectivity index (χ0n) is 10.9. The van der Waals surface area contributed by atoms with Gasteiger partial charge in [0.05, 0.1) is 13.4 Å². The summed E-state index contributed by atoms with van der Waals surface area (Å²) in [6.07, 6.45) is 7.36. The maximum Gasteiger partial charge on any atom is 0.305 e. The molecule has 4 nitrogen and oxygen atoms in total. The van der Waals surface area contributed by atoms with E-state index in [9.17, 15) is 9.90 Å². The van der Waals surface area contributed by atoms with Crippen LogP contribution in [0.15, 0.2) is 22.8 Å². The zero-order chi connectivity index (χ0) is 13.2. The molecule has 0 bridgehead atoms. The number of hydrogen-bond acceptors (Lipinski definition) is 4. The molecule has 102 valence electrons. The molecule has 0 saturated heterocycles. The van der Waals surface area contributed by atoms with Crippen molar-refractivity contribution in [3.05, 3.63) is 24.2 Å². The third-order valence-corrected chi connectivity index (χ3v) is 2.96. The Morgan fingerprint density at radius 3 is 2.72 bits per heavy atom. The summed E-state index contributed by atoms with van der Waals surface area (Å²) in [6, 6.07) is 3.58. The summed E-state index contributed by atoms with van der Waals surface area (Å²) in [5.41, 5.74) is 0. The third kappa shape index (κ3) is 5.87. The smallest absolute Gasteiger partial charge is 0.305 e. The molecule has 0 spiro atoms. The number of methoxy groups -OCH3 is 1. The number of aliphatic hydroxyl groups is 1. The van der Waals surface area contributed by atoms with E-state index in [1.54, 1.807) is 18.4 Å². The Bertz CT molecular complexity index is 319. The van der Waals surface area contributed by atoms with Gasteiger partial charge in [-0.25, -0.2) is 0 Å². The van der Waals surface area contributed by atoms with Crippen LogP contribution in [0.4, 0.5) is 0 Å². The minimum atomic E-state index is -0.491. The van der Waals surface area contributed by atoms with Gasteiger partial charge in [0.2, 0.25) is 0 Å². The van der Waals surface area contributed by atoms with Crippen molar-refractivity contribution in [2.45, 2.75) is 51.0 Å². The number of unbranched alkanes of at least 4 members (excludes halogenated alkanes) is 4. The van der Waals surface area contributed by atoms with Crippen LogP contribution in [0.1, 0.15) is 56.8 Å². The van der Waals surface area contributed by atoms with Crippen molar-refractivity contribution in [1.82, 2.24) is 0 Å². The van der Waals surface area contributed by atoms with Gasteiger partial charge in [-0.1, -0.05) is 25.7 Å². The summed E-state index contributed by atoms with van der Waals surface area (Å²) < 4.78 is 9.70. The van der Waals surface area contributed by atoms with Crippen molar-refractivity contribution >= 4 is 5.97 Å². The van der Waals surface area contributed by atoms with Crippen LogP contribution in [0.5, 0.6) is 0 Å². The SMILES string of the molecule is COC(=O)CCCCCCCC(O)c1ccco1. The summed E-state index contributed by atoms with van der Waals surface area (Å²) in [5.74, 6) is 0.504. The molecular weight excluding hydrogens is 232 g/mol. The van der Waals surface area contributed by atoms with E-state index >= 15 is 0 Å². The molecule has 1 unspecified atom stereocenters. The third-order valence-electron chi connectivity index (χ3n) is 2.96. The van der Waals surface area contributed by atoms with Gasteiger partial charge in [-0.2, -0.15) is 0 Å². The fourth-order valence-electron chi connectivity index (χ4n) is 1.86. The molecule has 1 aromatic heterocycles. The molecule has 0 saturated carbocycles. The van der Waals surface area contributed by atoms with Crippen LogP contribution in [-0.2, 0) is 9.53 Å². The number of rotatable bonds is 9. The van der Waals surface area contributed by atoms with E-state index in [1.807, 2.05) is 0 Å². The first-order chi connectivity index (χ1) is 8.74. The second-order valence-electron chi connectivity index (χ2n) is 4.41. The molecule has 0 amide bonds. The molecule has 0 aliphatic rings. The van der Waals surface area contributed by atoms with Crippen molar-refractivity contribution < 1.29 is 19.1 Å². The molecule has 1 heterocycles. The fraction of sp³-hybridized carbons (Fsp3) is 0.643. The van der Waals surface area contributed by atoms with Crippen LogP contribution < -0.4 is 0 Å². The largest absolute Gasteiger partial charge is 0.469 e. The lowest BCUT2D eigenvalue weighted by Crippen LogP contribution is -1.99. The second-order valence-corrected chi connectivity index (χ2v) is 4.41. The van der Waals surface area contributed by atoms with Gasteiger partial charge in [0.15, 0.2) is 0 Å². The van der Waals surface area contributed by atoms with Crippen molar-refractivity contribution in [1.29, 1.82) is 0 Å². The van der Waals surface area contributed by atoms with Crippen LogP contribution in [0.3, 0.4) is 0 Å². The summed E-state index contributed by atoms with van der Waals surface area (Å²) in [7, 11) is 1.42. The van der Waals surface area contributed by atoms with E-state index in [0.717, 1.165) is 38.5 Å². The summed E-state index contributed by atoms with van der Waals surface area (Å²) in [5, 5.41) is 9.76. The molecule has 18 heavy (non-hydrogen) atoms. The molecule has 1 N–H and O–H groups in total. The average Bonchev–Trinajstić information content (AvgIpc) is 2.91. The van der Waals surface area contributed by atoms with Gasteiger partial charge in [0.25, 0.3) is 0 Å². The first-order valence-electron chi connectivity index (χ1n) is 6.52. The van der Waals surface area contributed by atoms with Crippen LogP contribution in [0.25, 0.3) is 0 Å². The number of furan rings is 1. The first kappa shape index (κ1) is 14.8. The van der Waals surface area contributed by atoms with Crippen LogP contribution in [-0.4, -0.2) is 18.2 Å². The van der Waals surface area contributed by atoms with Crippen molar-refractivity contribution in [3.8, 4) is 0 Å². The maximum atomic E-state index is 10.9. The van der Waals surface area contributed by atoms with Gasteiger partial charge in [0.1, 0.15) is 11.9 Å². The molecular formula is C14H22O4. The van der Waals surface area contributed by atoms with E-state index in [0.29, 0.717) is 12.2 Å². The summed E-state index contributed by atoms with van der Waals surface area (Å²) in [6.45, 7) is 0. The number of hydrogen-bond donors (Lipinski definition) is 1. The van der Waals surface area contributed by atoms with Gasteiger partial charge >= 0.3 is 5.97 Å². The number of ether oxygens (including phenoxy) is 1. The van der Waals surface area contributed by atoms with Gasteiger partial charge < -0.3 is 14.3 Å². The lowest BCUT2D eigenvalue weighted by Gasteiger charge is -2.07. The average molecular weight is 254 g/mol. The highest BCUT2D eigenvalue weighted by Crippen LogP contribution is 2.20. The predicted octanol–water partition coefficient (Wildman–Crippen LogP) is 3.22. The molecule has 1 aromatic rings. The molecule has 0 aliphatic heterocycles. The minimum absolute atomic E-state index is 0.136. The van der Waals surface area contributed by atoms with E-state index in [4.69, 9.17) is 4.42 Å². The van der Waals surface area contributed by atoms with E-state index in [1.165, 1.54) is 7.11 Å². The quantitative estimate of drug-likeness (QED) is 0.543. The topological polar surface area (TPSA) is 59.7 Å². The molecule has 4 heteroatoms. The second kappa shape index (κ2) is 8.75. The highest BCUT2D eigenvalue weighted by atomic mass is 16.5. The van der Waals surface area contributed by atoms with Gasteiger partial charge in [-0.15, -0.1) is 0 Å². The number of aliphatic hydroxyl groups excluding tert-OH is 1. The van der Waals surface area contributed by atoms with E-state index in [-0.39, 0.29) is 5.97 Å². The molecule has 1 atom stereocenters. The number of carbonyl (C=O) groups is 1. The summed E-state index contributed by atoms with van der Waals surface area (Å²) >= 11 is 0. The number of carbonyl (C=O) groups excluding carboxylic acids is 1. The zero-order valence-corrected chi connectivity index (χ0v) is 10.9.